The number of hydrogen-bond acceptors (Lipinski definition) is 4. The lowest BCUT2D eigenvalue weighted by molar-refractivity contribution is 0.339. The van der Waals surface area contributed by atoms with Crippen LogP contribution >= 0.6 is 0 Å². The van der Waals surface area contributed by atoms with E-state index in [0.29, 0.717) is 6.61 Å². The van der Waals surface area contributed by atoms with Crippen molar-refractivity contribution in [2.75, 3.05) is 44.2 Å². The van der Waals surface area contributed by atoms with E-state index in [0.717, 1.165) is 45.0 Å². The van der Waals surface area contributed by atoms with Gasteiger partial charge in [-0.15, -0.1) is 0 Å². The number of unbranched alkanes of at least 4 members (excludes halogenated alkanes) is 1. The number of hydrogen-bond donors (Lipinski definition) is 2. The van der Waals surface area contributed by atoms with Crippen LogP contribution in [-0.2, 0) is 6.54 Å². The number of rotatable bonds is 8. The molecule has 1 saturated heterocycles. The predicted octanol–water partition coefficient (Wildman–Crippen LogP) is 2.38. The fourth-order valence-corrected chi connectivity index (χ4v) is 2.64. The molecule has 21 heavy (non-hydrogen) atoms. The summed E-state index contributed by atoms with van der Waals surface area (Å²) in [4.78, 5) is 2.41. The van der Waals surface area contributed by atoms with Crippen LogP contribution in [0.25, 0.3) is 0 Å². The third-order valence-electron chi connectivity index (χ3n) is 3.82. The minimum absolute atomic E-state index is 0.714. The van der Waals surface area contributed by atoms with Crippen molar-refractivity contribution in [3.05, 3.63) is 23.8 Å². The van der Waals surface area contributed by atoms with Crippen molar-refractivity contribution in [2.45, 2.75) is 33.2 Å². The molecule has 0 unspecified atom stereocenters. The van der Waals surface area contributed by atoms with E-state index in [1.165, 1.54) is 24.1 Å². The molecular formula is C17H29N3O. The smallest absolute Gasteiger partial charge is 0.142 e. The molecule has 4 nitrogen and oxygen atoms in total. The molecule has 0 saturated carbocycles. The lowest BCUT2D eigenvalue weighted by Crippen LogP contribution is -2.43. The van der Waals surface area contributed by atoms with Gasteiger partial charge in [0.2, 0.25) is 0 Å². The molecule has 0 radical (unpaired) electrons. The summed E-state index contributed by atoms with van der Waals surface area (Å²) in [7, 11) is 0. The maximum atomic E-state index is 5.87. The summed E-state index contributed by atoms with van der Waals surface area (Å²) in [5, 5.41) is 6.89. The molecule has 4 heteroatoms. The van der Waals surface area contributed by atoms with Gasteiger partial charge in [0.1, 0.15) is 5.75 Å². The van der Waals surface area contributed by atoms with Gasteiger partial charge in [0.25, 0.3) is 0 Å². The topological polar surface area (TPSA) is 36.5 Å². The summed E-state index contributed by atoms with van der Waals surface area (Å²) in [5.41, 5.74) is 2.53. The van der Waals surface area contributed by atoms with E-state index in [1.807, 2.05) is 6.92 Å². The standard InChI is InChI=1S/C17H29N3O/c1-3-5-8-19-14-15-6-7-16(17(13-15)21-4-2)20-11-9-18-10-12-20/h6-7,13,18-19H,3-5,8-12,14H2,1-2H3. The molecule has 0 atom stereocenters. The molecule has 1 aromatic carbocycles. The largest absolute Gasteiger partial charge is 0.492 e. The Kier molecular flexibility index (Phi) is 6.83. The Balaban J connectivity index is 2.03. The lowest BCUT2D eigenvalue weighted by Gasteiger charge is -2.31. The van der Waals surface area contributed by atoms with Gasteiger partial charge in [-0.2, -0.15) is 0 Å². The lowest BCUT2D eigenvalue weighted by atomic mass is 10.1. The van der Waals surface area contributed by atoms with Gasteiger partial charge in [0, 0.05) is 32.7 Å². The molecule has 1 aromatic rings. The minimum Gasteiger partial charge on any atom is -0.492 e. The third-order valence-corrected chi connectivity index (χ3v) is 3.82. The molecular weight excluding hydrogens is 262 g/mol. The Bertz CT molecular complexity index is 416. The quantitative estimate of drug-likeness (QED) is 0.721. The van der Waals surface area contributed by atoms with Gasteiger partial charge in [0.15, 0.2) is 0 Å². The fourth-order valence-electron chi connectivity index (χ4n) is 2.64. The molecule has 1 aliphatic rings. The average Bonchev–Trinajstić information content (AvgIpc) is 2.53. The highest BCUT2D eigenvalue weighted by Gasteiger charge is 2.15. The second kappa shape index (κ2) is 8.90. The molecule has 1 fully saturated rings. The van der Waals surface area contributed by atoms with Gasteiger partial charge < -0.3 is 20.3 Å². The molecule has 1 aliphatic heterocycles. The molecule has 0 amide bonds. The van der Waals surface area contributed by atoms with E-state index in [4.69, 9.17) is 4.74 Å². The molecule has 0 aliphatic carbocycles. The van der Waals surface area contributed by atoms with E-state index in [9.17, 15) is 0 Å². The summed E-state index contributed by atoms with van der Waals surface area (Å²) in [6, 6.07) is 6.63. The van der Waals surface area contributed by atoms with E-state index in [1.54, 1.807) is 0 Å². The first kappa shape index (κ1) is 16.1. The first-order valence-corrected chi connectivity index (χ1v) is 8.27. The maximum absolute atomic E-state index is 5.87. The Morgan fingerprint density at radius 2 is 2.05 bits per heavy atom. The summed E-state index contributed by atoms with van der Waals surface area (Å²) in [6.07, 6.45) is 2.47. The van der Waals surface area contributed by atoms with Gasteiger partial charge in [-0.05, 0) is 37.6 Å². The van der Waals surface area contributed by atoms with Crippen molar-refractivity contribution < 1.29 is 4.74 Å². The minimum atomic E-state index is 0.714. The van der Waals surface area contributed by atoms with Crippen LogP contribution in [0, 0.1) is 0 Å². The summed E-state index contributed by atoms with van der Waals surface area (Å²) >= 11 is 0. The second-order valence-corrected chi connectivity index (χ2v) is 5.50. The predicted molar refractivity (Wildman–Crippen MR) is 89.3 cm³/mol. The summed E-state index contributed by atoms with van der Waals surface area (Å²) in [5.74, 6) is 1.02. The average molecular weight is 291 g/mol. The monoisotopic (exact) mass is 291 g/mol. The van der Waals surface area contributed by atoms with E-state index < -0.39 is 0 Å². The van der Waals surface area contributed by atoms with Gasteiger partial charge in [-0.25, -0.2) is 0 Å². The van der Waals surface area contributed by atoms with Crippen molar-refractivity contribution in [3.63, 3.8) is 0 Å². The van der Waals surface area contributed by atoms with Crippen molar-refractivity contribution in [1.29, 1.82) is 0 Å². The van der Waals surface area contributed by atoms with Crippen molar-refractivity contribution >= 4 is 5.69 Å². The van der Waals surface area contributed by atoms with Gasteiger partial charge in [-0.1, -0.05) is 19.4 Å². The number of anilines is 1. The summed E-state index contributed by atoms with van der Waals surface area (Å²) in [6.45, 7) is 11.2. The Hall–Kier alpha value is -1.26. The molecule has 2 N–H and O–H groups in total. The molecule has 2 rings (SSSR count). The van der Waals surface area contributed by atoms with Crippen LogP contribution in [0.1, 0.15) is 32.3 Å². The number of benzene rings is 1. The van der Waals surface area contributed by atoms with Crippen LogP contribution in [-0.4, -0.2) is 39.3 Å². The second-order valence-electron chi connectivity index (χ2n) is 5.50. The zero-order chi connectivity index (χ0) is 14.9. The zero-order valence-electron chi connectivity index (χ0n) is 13.5. The van der Waals surface area contributed by atoms with E-state index >= 15 is 0 Å². The number of nitrogens with one attached hydrogen (secondary N) is 2. The first-order chi connectivity index (χ1) is 10.3. The van der Waals surface area contributed by atoms with E-state index in [2.05, 4.69) is 40.7 Å². The maximum Gasteiger partial charge on any atom is 0.142 e. The van der Waals surface area contributed by atoms with Gasteiger partial charge in [0.05, 0.1) is 12.3 Å². The normalized spacial score (nSPS) is 15.2. The van der Waals surface area contributed by atoms with Crippen LogP contribution in [0.5, 0.6) is 5.75 Å². The molecule has 1 heterocycles. The number of nitrogens with zero attached hydrogens (tertiary/aromatic N) is 1. The SMILES string of the molecule is CCCCNCc1ccc(N2CCNCC2)c(OCC)c1. The highest BCUT2D eigenvalue weighted by molar-refractivity contribution is 5.60. The van der Waals surface area contributed by atoms with Crippen LogP contribution in [0.3, 0.4) is 0 Å². The van der Waals surface area contributed by atoms with Gasteiger partial charge in [-0.3, -0.25) is 0 Å². The Morgan fingerprint density at radius 3 is 2.76 bits per heavy atom. The molecule has 0 bridgehead atoms. The Labute approximate surface area is 128 Å². The van der Waals surface area contributed by atoms with E-state index in [-0.39, 0.29) is 0 Å². The number of piperazine rings is 1. The third kappa shape index (κ3) is 4.90. The zero-order valence-corrected chi connectivity index (χ0v) is 13.5. The fraction of sp³-hybridized carbons (Fsp3) is 0.647. The van der Waals surface area contributed by atoms with Crippen LogP contribution in [0.4, 0.5) is 5.69 Å². The molecule has 118 valence electrons. The highest BCUT2D eigenvalue weighted by Crippen LogP contribution is 2.30. The van der Waals surface area contributed by atoms with Crippen molar-refractivity contribution in [2.24, 2.45) is 0 Å². The molecule has 0 spiro atoms. The first-order valence-electron chi connectivity index (χ1n) is 8.27. The highest BCUT2D eigenvalue weighted by atomic mass is 16.5. The van der Waals surface area contributed by atoms with Crippen LogP contribution in [0.2, 0.25) is 0 Å². The van der Waals surface area contributed by atoms with Crippen molar-refractivity contribution in [1.82, 2.24) is 10.6 Å². The van der Waals surface area contributed by atoms with Crippen molar-refractivity contribution in [3.8, 4) is 5.75 Å². The Morgan fingerprint density at radius 1 is 1.24 bits per heavy atom. The van der Waals surface area contributed by atoms with Crippen LogP contribution in [0.15, 0.2) is 18.2 Å². The summed E-state index contributed by atoms with van der Waals surface area (Å²) < 4.78 is 5.87. The van der Waals surface area contributed by atoms with Crippen LogP contribution < -0.4 is 20.3 Å². The number of ether oxygens (including phenoxy) is 1. The molecule has 0 aromatic heterocycles. The van der Waals surface area contributed by atoms with Gasteiger partial charge >= 0.3 is 0 Å².